The highest BCUT2D eigenvalue weighted by molar-refractivity contribution is 4.97. The molecule has 19 heavy (non-hydrogen) atoms. The Bertz CT molecular complexity index is 303. The van der Waals surface area contributed by atoms with Crippen LogP contribution in [0.3, 0.4) is 0 Å². The molecule has 0 radical (unpaired) electrons. The summed E-state index contributed by atoms with van der Waals surface area (Å²) < 4.78 is 46.1. The molecule has 2 rings (SSSR count). The normalized spacial score (nSPS) is 27.2. The zero-order chi connectivity index (χ0) is 14.1. The van der Waals surface area contributed by atoms with Crippen molar-refractivity contribution in [2.75, 3.05) is 26.2 Å². The summed E-state index contributed by atoms with van der Waals surface area (Å²) in [5, 5.41) is 0. The summed E-state index contributed by atoms with van der Waals surface area (Å²) in [5.74, 6) is 0. The maximum Gasteiger partial charge on any atom is 0.522 e. The van der Waals surface area contributed by atoms with Crippen LogP contribution < -0.4 is 0 Å². The zero-order valence-electron chi connectivity index (χ0n) is 11.5. The second-order valence-electron chi connectivity index (χ2n) is 6.07. The van der Waals surface area contributed by atoms with Gasteiger partial charge >= 0.3 is 6.36 Å². The maximum atomic E-state index is 12.1. The predicted octanol–water partition coefficient (Wildman–Crippen LogP) is 2.80. The van der Waals surface area contributed by atoms with Crippen molar-refractivity contribution in [2.45, 2.75) is 51.7 Å². The van der Waals surface area contributed by atoms with Gasteiger partial charge in [0.2, 0.25) is 0 Å². The van der Waals surface area contributed by atoms with Crippen LogP contribution in [0, 0.1) is 5.41 Å². The molecular weight excluding hydrogens is 259 g/mol. The molecule has 6 heteroatoms. The predicted molar refractivity (Wildman–Crippen MR) is 64.7 cm³/mol. The molecular formula is C13H22F3NO2. The molecule has 1 atom stereocenters. The van der Waals surface area contributed by atoms with Crippen LogP contribution >= 0.6 is 0 Å². The van der Waals surface area contributed by atoms with Crippen molar-refractivity contribution in [3.05, 3.63) is 0 Å². The summed E-state index contributed by atoms with van der Waals surface area (Å²) in [6, 6.07) is 0. The molecule has 3 nitrogen and oxygen atoms in total. The van der Waals surface area contributed by atoms with E-state index in [1.54, 1.807) is 0 Å². The second-order valence-corrected chi connectivity index (χ2v) is 6.07. The molecule has 112 valence electrons. The first kappa shape index (κ1) is 15.1. The minimum Gasteiger partial charge on any atom is -0.378 e. The molecule has 0 aromatic rings. The lowest BCUT2D eigenvalue weighted by atomic mass is 10.1. The first-order valence-electron chi connectivity index (χ1n) is 6.87. The van der Waals surface area contributed by atoms with E-state index in [9.17, 15) is 13.2 Å². The van der Waals surface area contributed by atoms with Gasteiger partial charge < -0.3 is 9.64 Å². The van der Waals surface area contributed by atoms with Crippen LogP contribution in [0.25, 0.3) is 0 Å². The SMILES string of the molecule is CC(C)OCC1(CN2CC[C@@H](OC(F)(F)F)C2)CC1. The van der Waals surface area contributed by atoms with Crippen molar-refractivity contribution in [1.82, 2.24) is 4.90 Å². The van der Waals surface area contributed by atoms with Crippen LogP contribution in [0.15, 0.2) is 0 Å². The van der Waals surface area contributed by atoms with Crippen LogP contribution in [0.4, 0.5) is 13.2 Å². The number of nitrogens with zero attached hydrogens (tertiary/aromatic N) is 1. The van der Waals surface area contributed by atoms with E-state index in [2.05, 4.69) is 9.64 Å². The van der Waals surface area contributed by atoms with E-state index in [4.69, 9.17) is 4.74 Å². The Labute approximate surface area is 112 Å². The molecule has 2 fully saturated rings. The van der Waals surface area contributed by atoms with Crippen molar-refractivity contribution in [3.8, 4) is 0 Å². The van der Waals surface area contributed by atoms with E-state index in [0.29, 0.717) is 26.1 Å². The topological polar surface area (TPSA) is 21.7 Å². The highest BCUT2D eigenvalue weighted by atomic mass is 19.4. The number of halogens is 3. The van der Waals surface area contributed by atoms with Gasteiger partial charge in [0.15, 0.2) is 0 Å². The molecule has 1 saturated carbocycles. The minimum absolute atomic E-state index is 0.178. The lowest BCUT2D eigenvalue weighted by Crippen LogP contribution is -2.33. The number of likely N-dealkylation sites (tertiary alicyclic amines) is 1. The fourth-order valence-corrected chi connectivity index (χ4v) is 2.57. The molecule has 1 aliphatic carbocycles. The lowest BCUT2D eigenvalue weighted by molar-refractivity contribution is -0.340. The molecule has 0 aromatic carbocycles. The van der Waals surface area contributed by atoms with Gasteiger partial charge in [0.05, 0.1) is 18.8 Å². The average molecular weight is 281 g/mol. The fraction of sp³-hybridized carbons (Fsp3) is 1.00. The Morgan fingerprint density at radius 3 is 2.53 bits per heavy atom. The summed E-state index contributed by atoms with van der Waals surface area (Å²) in [5.41, 5.74) is 0.178. The third kappa shape index (κ3) is 4.93. The summed E-state index contributed by atoms with van der Waals surface area (Å²) in [7, 11) is 0. The summed E-state index contributed by atoms with van der Waals surface area (Å²) in [4.78, 5) is 2.08. The highest BCUT2D eigenvalue weighted by Gasteiger charge is 2.46. The molecule has 0 unspecified atom stereocenters. The van der Waals surface area contributed by atoms with Crippen LogP contribution in [0.5, 0.6) is 0 Å². The Balaban J connectivity index is 1.73. The maximum absolute atomic E-state index is 12.1. The molecule has 1 saturated heterocycles. The van der Waals surface area contributed by atoms with Crippen molar-refractivity contribution in [2.24, 2.45) is 5.41 Å². The minimum atomic E-state index is -4.52. The fourth-order valence-electron chi connectivity index (χ4n) is 2.57. The van der Waals surface area contributed by atoms with Crippen molar-refractivity contribution in [1.29, 1.82) is 0 Å². The third-order valence-electron chi connectivity index (χ3n) is 3.77. The molecule has 1 aliphatic heterocycles. The Morgan fingerprint density at radius 1 is 1.32 bits per heavy atom. The Morgan fingerprint density at radius 2 is 2.00 bits per heavy atom. The molecule has 2 aliphatic rings. The van der Waals surface area contributed by atoms with E-state index in [-0.39, 0.29) is 11.5 Å². The summed E-state index contributed by atoms with van der Waals surface area (Å²) >= 11 is 0. The first-order chi connectivity index (χ1) is 8.78. The zero-order valence-corrected chi connectivity index (χ0v) is 11.5. The number of hydrogen-bond donors (Lipinski definition) is 0. The summed E-state index contributed by atoms with van der Waals surface area (Å²) in [6.45, 7) is 6.61. The standard InChI is InChI=1S/C13H22F3NO2/c1-10(2)18-9-12(4-5-12)8-17-6-3-11(7-17)19-13(14,15)16/h10-11H,3-9H2,1-2H3/t11-/m1/s1. The largest absolute Gasteiger partial charge is 0.522 e. The van der Waals surface area contributed by atoms with Crippen molar-refractivity contribution < 1.29 is 22.6 Å². The van der Waals surface area contributed by atoms with Crippen molar-refractivity contribution in [3.63, 3.8) is 0 Å². The van der Waals surface area contributed by atoms with Gasteiger partial charge in [0.25, 0.3) is 0 Å². The van der Waals surface area contributed by atoms with Gasteiger partial charge in [-0.05, 0) is 33.1 Å². The monoisotopic (exact) mass is 281 g/mol. The number of ether oxygens (including phenoxy) is 2. The van der Waals surface area contributed by atoms with Crippen molar-refractivity contribution >= 4 is 0 Å². The summed E-state index contributed by atoms with van der Waals surface area (Å²) in [6.07, 6.45) is -2.33. The van der Waals surface area contributed by atoms with E-state index in [1.807, 2.05) is 13.8 Å². The molecule has 0 aromatic heterocycles. The average Bonchev–Trinajstić information content (AvgIpc) is 2.89. The number of hydrogen-bond acceptors (Lipinski definition) is 3. The Hall–Kier alpha value is -0.330. The second kappa shape index (κ2) is 5.58. The van der Waals surface area contributed by atoms with Gasteiger partial charge in [-0.2, -0.15) is 0 Å². The van der Waals surface area contributed by atoms with E-state index < -0.39 is 12.5 Å². The van der Waals surface area contributed by atoms with Gasteiger partial charge in [0.1, 0.15) is 0 Å². The van der Waals surface area contributed by atoms with E-state index >= 15 is 0 Å². The van der Waals surface area contributed by atoms with Gasteiger partial charge in [-0.25, -0.2) is 0 Å². The first-order valence-corrected chi connectivity index (χ1v) is 6.87. The van der Waals surface area contributed by atoms with Gasteiger partial charge in [-0.3, -0.25) is 4.74 Å². The number of rotatable bonds is 6. The van der Waals surface area contributed by atoms with E-state index in [0.717, 1.165) is 19.4 Å². The van der Waals surface area contributed by atoms with Crippen LogP contribution in [0.1, 0.15) is 33.1 Å². The molecule has 1 heterocycles. The van der Waals surface area contributed by atoms with Gasteiger partial charge in [-0.15, -0.1) is 13.2 Å². The quantitative estimate of drug-likeness (QED) is 0.747. The molecule has 0 bridgehead atoms. The molecule has 0 spiro atoms. The lowest BCUT2D eigenvalue weighted by Gasteiger charge is -2.24. The third-order valence-corrected chi connectivity index (χ3v) is 3.77. The highest BCUT2D eigenvalue weighted by Crippen LogP contribution is 2.47. The smallest absolute Gasteiger partial charge is 0.378 e. The Kier molecular flexibility index (Phi) is 4.42. The number of alkyl halides is 3. The van der Waals surface area contributed by atoms with Crippen LogP contribution in [-0.2, 0) is 9.47 Å². The van der Waals surface area contributed by atoms with Crippen LogP contribution in [0.2, 0.25) is 0 Å². The van der Waals surface area contributed by atoms with E-state index in [1.165, 1.54) is 0 Å². The van der Waals surface area contributed by atoms with Crippen LogP contribution in [-0.4, -0.2) is 49.7 Å². The molecule has 0 amide bonds. The molecule has 0 N–H and O–H groups in total. The van der Waals surface area contributed by atoms with Gasteiger partial charge in [-0.1, -0.05) is 0 Å². The van der Waals surface area contributed by atoms with Gasteiger partial charge in [0, 0.05) is 25.0 Å².